The molecule has 3 rings (SSSR count). The number of methoxy groups -OCH3 is 1. The predicted molar refractivity (Wildman–Crippen MR) is 85.6 cm³/mol. The summed E-state index contributed by atoms with van der Waals surface area (Å²) >= 11 is 9.46. The molecule has 2 aromatic carbocycles. The Kier molecular flexibility index (Phi) is 3.69. The van der Waals surface area contributed by atoms with Gasteiger partial charge < -0.3 is 9.72 Å². The van der Waals surface area contributed by atoms with E-state index in [1.54, 1.807) is 18.2 Å². The zero-order valence-corrected chi connectivity index (χ0v) is 13.3. The van der Waals surface area contributed by atoms with Crippen LogP contribution in [0.4, 0.5) is 0 Å². The molecule has 1 N–H and O–H groups in total. The lowest BCUT2D eigenvalue weighted by Crippen LogP contribution is -2.01. The molecule has 21 heavy (non-hydrogen) atoms. The minimum atomic E-state index is -0.410. The fourth-order valence-electron chi connectivity index (χ4n) is 2.09. The van der Waals surface area contributed by atoms with Crippen LogP contribution in [0.5, 0.6) is 0 Å². The molecule has 0 saturated carbocycles. The summed E-state index contributed by atoms with van der Waals surface area (Å²) < 4.78 is 5.59. The standard InChI is InChI=1S/C15H10BrClN2O2/c1-21-15(20)9-3-2-4-12-13(9)19-14(18-12)8-5-6-10(16)11(17)7-8/h2-7H,1H3,(H,18,19). The summed E-state index contributed by atoms with van der Waals surface area (Å²) in [6, 6.07) is 10.9. The van der Waals surface area contributed by atoms with Crippen molar-refractivity contribution in [3.05, 3.63) is 51.5 Å². The molecule has 4 nitrogen and oxygen atoms in total. The van der Waals surface area contributed by atoms with Crippen molar-refractivity contribution in [1.82, 2.24) is 9.97 Å². The van der Waals surface area contributed by atoms with Crippen molar-refractivity contribution in [1.29, 1.82) is 0 Å². The fraction of sp³-hybridized carbons (Fsp3) is 0.0667. The van der Waals surface area contributed by atoms with Gasteiger partial charge in [0.1, 0.15) is 11.3 Å². The maximum atomic E-state index is 11.8. The number of H-pyrrole nitrogens is 1. The molecule has 106 valence electrons. The van der Waals surface area contributed by atoms with E-state index >= 15 is 0 Å². The largest absolute Gasteiger partial charge is 0.465 e. The zero-order valence-electron chi connectivity index (χ0n) is 11.0. The highest BCUT2D eigenvalue weighted by Gasteiger charge is 2.14. The molecule has 0 unspecified atom stereocenters. The minimum absolute atomic E-state index is 0.410. The summed E-state index contributed by atoms with van der Waals surface area (Å²) in [6.07, 6.45) is 0. The summed E-state index contributed by atoms with van der Waals surface area (Å²) in [7, 11) is 1.35. The number of rotatable bonds is 2. The van der Waals surface area contributed by atoms with Gasteiger partial charge in [-0.05, 0) is 40.2 Å². The lowest BCUT2D eigenvalue weighted by molar-refractivity contribution is 0.0603. The van der Waals surface area contributed by atoms with Crippen molar-refractivity contribution in [2.24, 2.45) is 0 Å². The Morgan fingerprint density at radius 2 is 2.14 bits per heavy atom. The van der Waals surface area contributed by atoms with Crippen LogP contribution in [0.25, 0.3) is 22.4 Å². The Hall–Kier alpha value is -1.85. The Balaban J connectivity index is 2.17. The summed E-state index contributed by atoms with van der Waals surface area (Å²) in [4.78, 5) is 19.4. The van der Waals surface area contributed by atoms with Crippen molar-refractivity contribution in [2.75, 3.05) is 7.11 Å². The molecule has 0 spiro atoms. The first-order valence-electron chi connectivity index (χ1n) is 6.12. The van der Waals surface area contributed by atoms with Crippen LogP contribution in [0.3, 0.4) is 0 Å². The van der Waals surface area contributed by atoms with E-state index in [0.29, 0.717) is 21.9 Å². The van der Waals surface area contributed by atoms with E-state index in [2.05, 4.69) is 25.9 Å². The molecular weight excluding hydrogens is 356 g/mol. The summed E-state index contributed by atoms with van der Waals surface area (Å²) in [5.41, 5.74) is 2.63. The smallest absolute Gasteiger partial charge is 0.340 e. The number of benzene rings is 2. The number of imidazole rings is 1. The average Bonchev–Trinajstić information content (AvgIpc) is 2.93. The predicted octanol–water partition coefficient (Wildman–Crippen LogP) is 4.43. The number of fused-ring (bicyclic) bond motifs is 1. The van der Waals surface area contributed by atoms with E-state index in [0.717, 1.165) is 15.6 Å². The fourth-order valence-corrected chi connectivity index (χ4v) is 2.51. The Morgan fingerprint density at radius 1 is 1.33 bits per heavy atom. The van der Waals surface area contributed by atoms with Gasteiger partial charge in [0.15, 0.2) is 0 Å². The number of nitrogens with one attached hydrogen (secondary N) is 1. The molecule has 0 aliphatic heterocycles. The maximum absolute atomic E-state index is 11.8. The Morgan fingerprint density at radius 3 is 2.86 bits per heavy atom. The van der Waals surface area contributed by atoms with Crippen molar-refractivity contribution in [2.45, 2.75) is 0 Å². The van der Waals surface area contributed by atoms with Gasteiger partial charge in [-0.25, -0.2) is 9.78 Å². The topological polar surface area (TPSA) is 55.0 Å². The molecule has 0 fully saturated rings. The molecule has 1 aromatic heterocycles. The van der Waals surface area contributed by atoms with Crippen molar-refractivity contribution < 1.29 is 9.53 Å². The van der Waals surface area contributed by atoms with Crippen LogP contribution in [-0.2, 0) is 4.74 Å². The lowest BCUT2D eigenvalue weighted by Gasteiger charge is -1.99. The van der Waals surface area contributed by atoms with Gasteiger partial charge in [0.2, 0.25) is 0 Å². The van der Waals surface area contributed by atoms with Crippen molar-refractivity contribution >= 4 is 44.5 Å². The number of aromatic amines is 1. The first kappa shape index (κ1) is 14.1. The molecule has 0 aliphatic carbocycles. The first-order chi connectivity index (χ1) is 10.1. The second-order valence-corrected chi connectivity index (χ2v) is 5.67. The number of nitrogens with zero attached hydrogens (tertiary/aromatic N) is 1. The third-order valence-corrected chi connectivity index (χ3v) is 4.34. The summed E-state index contributed by atoms with van der Waals surface area (Å²) in [6.45, 7) is 0. The Bertz CT molecular complexity index is 845. The van der Waals surface area contributed by atoms with E-state index in [9.17, 15) is 4.79 Å². The third-order valence-electron chi connectivity index (χ3n) is 3.11. The number of hydrogen-bond donors (Lipinski definition) is 1. The van der Waals surface area contributed by atoms with Crippen LogP contribution >= 0.6 is 27.5 Å². The van der Waals surface area contributed by atoms with Gasteiger partial charge >= 0.3 is 5.97 Å². The van der Waals surface area contributed by atoms with E-state index in [-0.39, 0.29) is 0 Å². The third kappa shape index (κ3) is 2.54. The monoisotopic (exact) mass is 364 g/mol. The van der Waals surface area contributed by atoms with E-state index in [1.165, 1.54) is 7.11 Å². The van der Waals surface area contributed by atoms with Crippen molar-refractivity contribution in [3.8, 4) is 11.4 Å². The SMILES string of the molecule is COC(=O)c1cccc2[nH]c(-c3ccc(Br)c(Cl)c3)nc12. The highest BCUT2D eigenvalue weighted by atomic mass is 79.9. The summed E-state index contributed by atoms with van der Waals surface area (Å²) in [5.74, 6) is 0.239. The molecule has 3 aromatic rings. The number of carbonyl (C=O) groups is 1. The molecule has 6 heteroatoms. The molecule has 0 saturated heterocycles. The number of hydrogen-bond acceptors (Lipinski definition) is 3. The second kappa shape index (κ2) is 5.50. The number of para-hydroxylation sites is 1. The number of ether oxygens (including phenoxy) is 1. The van der Waals surface area contributed by atoms with Gasteiger partial charge in [-0.1, -0.05) is 23.7 Å². The van der Waals surface area contributed by atoms with E-state index in [1.807, 2.05) is 18.2 Å². The maximum Gasteiger partial charge on any atom is 0.340 e. The molecule has 0 radical (unpaired) electrons. The van der Waals surface area contributed by atoms with Crippen LogP contribution in [-0.4, -0.2) is 23.0 Å². The number of halogens is 2. The van der Waals surface area contributed by atoms with Crippen LogP contribution in [0.1, 0.15) is 10.4 Å². The molecule has 0 amide bonds. The van der Waals surface area contributed by atoms with E-state index < -0.39 is 5.97 Å². The summed E-state index contributed by atoms with van der Waals surface area (Å²) in [5, 5.41) is 0.598. The molecule has 1 heterocycles. The number of carbonyl (C=O) groups excluding carboxylic acids is 1. The van der Waals surface area contributed by atoms with Gasteiger partial charge in [0.25, 0.3) is 0 Å². The van der Waals surface area contributed by atoms with Crippen LogP contribution in [0.15, 0.2) is 40.9 Å². The quantitative estimate of drug-likeness (QED) is 0.683. The second-order valence-electron chi connectivity index (χ2n) is 4.41. The van der Waals surface area contributed by atoms with Gasteiger partial charge in [-0.2, -0.15) is 0 Å². The van der Waals surface area contributed by atoms with Crippen LogP contribution < -0.4 is 0 Å². The zero-order chi connectivity index (χ0) is 15.0. The minimum Gasteiger partial charge on any atom is -0.465 e. The molecule has 0 aliphatic rings. The van der Waals surface area contributed by atoms with Gasteiger partial charge in [-0.3, -0.25) is 0 Å². The lowest BCUT2D eigenvalue weighted by atomic mass is 10.2. The number of esters is 1. The molecule has 0 atom stereocenters. The number of aromatic nitrogens is 2. The van der Waals surface area contributed by atoms with Gasteiger partial charge in [0, 0.05) is 10.0 Å². The molecular formula is C15H10BrClN2O2. The normalized spacial score (nSPS) is 10.8. The highest BCUT2D eigenvalue weighted by Crippen LogP contribution is 2.29. The average molecular weight is 366 g/mol. The van der Waals surface area contributed by atoms with Crippen molar-refractivity contribution in [3.63, 3.8) is 0 Å². The van der Waals surface area contributed by atoms with E-state index in [4.69, 9.17) is 16.3 Å². The van der Waals surface area contributed by atoms with Crippen LogP contribution in [0.2, 0.25) is 5.02 Å². The highest BCUT2D eigenvalue weighted by molar-refractivity contribution is 9.10. The van der Waals surface area contributed by atoms with Gasteiger partial charge in [-0.15, -0.1) is 0 Å². The molecule has 0 bridgehead atoms. The first-order valence-corrected chi connectivity index (χ1v) is 7.29. The van der Waals surface area contributed by atoms with Crippen LogP contribution in [0, 0.1) is 0 Å². The Labute approximate surface area is 134 Å². The van der Waals surface area contributed by atoms with Gasteiger partial charge in [0.05, 0.1) is 23.2 Å².